The van der Waals surface area contributed by atoms with Crippen LogP contribution in [-0.4, -0.2) is 22.4 Å². The number of amides is 2. The van der Waals surface area contributed by atoms with Gasteiger partial charge in [-0.3, -0.25) is 14.4 Å². The molecule has 1 aromatic carbocycles. The third kappa shape index (κ3) is 4.61. The Morgan fingerprint density at radius 1 is 1.22 bits per heavy atom. The molecule has 0 bridgehead atoms. The van der Waals surface area contributed by atoms with Gasteiger partial charge in [-0.05, 0) is 51.5 Å². The lowest BCUT2D eigenvalue weighted by molar-refractivity contribution is -0.116. The Morgan fingerprint density at radius 2 is 1.89 bits per heavy atom. The van der Waals surface area contributed by atoms with E-state index in [9.17, 15) is 14.4 Å². The predicted octanol–water partition coefficient (Wildman–Crippen LogP) is 2.11. The summed E-state index contributed by atoms with van der Waals surface area (Å²) in [5.41, 5.74) is 1.37. The van der Waals surface area contributed by atoms with E-state index in [1.807, 2.05) is 19.9 Å². The van der Waals surface area contributed by atoms with E-state index in [1.165, 1.54) is 4.57 Å². The maximum atomic E-state index is 12.5. The van der Waals surface area contributed by atoms with Crippen molar-refractivity contribution in [2.45, 2.75) is 40.3 Å². The molecule has 0 atom stereocenters. The van der Waals surface area contributed by atoms with Crippen LogP contribution in [0.1, 0.15) is 41.0 Å². The highest BCUT2D eigenvalue weighted by molar-refractivity contribution is 6.03. The first kappa shape index (κ1) is 19.9. The number of rotatable bonds is 5. The zero-order chi connectivity index (χ0) is 20.1. The van der Waals surface area contributed by atoms with Gasteiger partial charge in [0.05, 0.1) is 11.3 Å². The molecule has 0 saturated heterocycles. The zero-order valence-electron chi connectivity index (χ0n) is 15.8. The number of para-hydroxylation sites is 1. The summed E-state index contributed by atoms with van der Waals surface area (Å²) in [7, 11) is 0. The molecule has 1 heterocycles. The molecule has 1 aromatic heterocycles. The summed E-state index contributed by atoms with van der Waals surface area (Å²) < 4.78 is 1.25. The predicted molar refractivity (Wildman–Crippen MR) is 103 cm³/mol. The lowest BCUT2D eigenvalue weighted by atomic mass is 10.1. The van der Waals surface area contributed by atoms with Crippen LogP contribution in [0.25, 0.3) is 0 Å². The van der Waals surface area contributed by atoms with E-state index in [0.717, 1.165) is 0 Å². The molecule has 0 radical (unpaired) electrons. The number of benzene rings is 1. The largest absolute Gasteiger partial charge is 0.350 e. The number of aromatic nitrogens is 1. The summed E-state index contributed by atoms with van der Waals surface area (Å²) in [6.07, 6.45) is 0. The summed E-state index contributed by atoms with van der Waals surface area (Å²) in [6.45, 7) is 6.82. The second-order valence-electron chi connectivity index (χ2n) is 6.57. The van der Waals surface area contributed by atoms with E-state index in [-0.39, 0.29) is 24.1 Å². The van der Waals surface area contributed by atoms with E-state index in [2.05, 4.69) is 10.6 Å². The van der Waals surface area contributed by atoms with Crippen LogP contribution in [0.2, 0.25) is 0 Å². The van der Waals surface area contributed by atoms with Crippen molar-refractivity contribution in [3.8, 4) is 6.07 Å². The van der Waals surface area contributed by atoms with E-state index in [0.29, 0.717) is 22.5 Å². The summed E-state index contributed by atoms with van der Waals surface area (Å²) in [6, 6.07) is 10.2. The third-order valence-corrected chi connectivity index (χ3v) is 3.98. The van der Waals surface area contributed by atoms with Crippen molar-refractivity contribution in [2.24, 2.45) is 0 Å². The maximum absolute atomic E-state index is 12.5. The normalized spacial score (nSPS) is 10.4. The molecule has 7 nitrogen and oxygen atoms in total. The number of hydrogen-bond acceptors (Lipinski definition) is 4. The molecule has 27 heavy (non-hydrogen) atoms. The standard InChI is InChI=1S/C20H22N4O3/c1-12(2)22-19(26)15-7-5-6-8-17(15)23-18(25)11-24-14(4)9-13(3)16(10-21)20(24)27/h5-9,12H,11H2,1-4H3,(H,22,26)(H,23,25). The number of anilines is 1. The zero-order valence-corrected chi connectivity index (χ0v) is 15.8. The molecule has 0 unspecified atom stereocenters. The van der Waals surface area contributed by atoms with E-state index < -0.39 is 11.5 Å². The van der Waals surface area contributed by atoms with Crippen LogP contribution in [-0.2, 0) is 11.3 Å². The lowest BCUT2D eigenvalue weighted by Gasteiger charge is -2.15. The number of hydrogen-bond donors (Lipinski definition) is 2. The van der Waals surface area contributed by atoms with Crippen molar-refractivity contribution >= 4 is 17.5 Å². The summed E-state index contributed by atoms with van der Waals surface area (Å²) in [5, 5.41) is 14.6. The van der Waals surface area contributed by atoms with Gasteiger partial charge in [0.25, 0.3) is 11.5 Å². The Bertz CT molecular complexity index is 984. The minimum absolute atomic E-state index is 0.0186. The average molecular weight is 366 g/mol. The van der Waals surface area contributed by atoms with Gasteiger partial charge in [-0.1, -0.05) is 12.1 Å². The quantitative estimate of drug-likeness (QED) is 0.846. The highest BCUT2D eigenvalue weighted by Gasteiger charge is 2.16. The van der Waals surface area contributed by atoms with Gasteiger partial charge in [0.2, 0.25) is 5.91 Å². The fourth-order valence-electron chi connectivity index (χ4n) is 2.72. The molecule has 7 heteroatoms. The van der Waals surface area contributed by atoms with Gasteiger partial charge in [0.1, 0.15) is 18.2 Å². The maximum Gasteiger partial charge on any atom is 0.269 e. The lowest BCUT2D eigenvalue weighted by Crippen LogP contribution is -2.33. The molecule has 0 aliphatic heterocycles. The SMILES string of the molecule is Cc1cc(C)n(CC(=O)Nc2ccccc2C(=O)NC(C)C)c(=O)c1C#N. The molecule has 0 fully saturated rings. The molecule has 2 amide bonds. The van der Waals surface area contributed by atoms with Gasteiger partial charge < -0.3 is 15.2 Å². The van der Waals surface area contributed by atoms with Gasteiger partial charge in [-0.2, -0.15) is 5.26 Å². The van der Waals surface area contributed by atoms with Crippen molar-refractivity contribution in [3.05, 3.63) is 63.1 Å². The van der Waals surface area contributed by atoms with E-state index in [1.54, 1.807) is 44.2 Å². The number of carbonyl (C=O) groups is 2. The molecule has 2 N–H and O–H groups in total. The molecule has 2 rings (SSSR count). The summed E-state index contributed by atoms with van der Waals surface area (Å²) in [4.78, 5) is 37.2. The number of nitrogens with zero attached hydrogens (tertiary/aromatic N) is 2. The number of nitriles is 1. The first-order valence-electron chi connectivity index (χ1n) is 8.55. The molecular weight excluding hydrogens is 344 g/mol. The van der Waals surface area contributed by atoms with Gasteiger partial charge in [0, 0.05) is 11.7 Å². The van der Waals surface area contributed by atoms with Crippen LogP contribution >= 0.6 is 0 Å². The number of carbonyl (C=O) groups excluding carboxylic acids is 2. The Balaban J connectivity index is 2.27. The molecule has 0 aliphatic rings. The smallest absolute Gasteiger partial charge is 0.269 e. The first-order valence-corrected chi connectivity index (χ1v) is 8.55. The van der Waals surface area contributed by atoms with Gasteiger partial charge in [-0.25, -0.2) is 0 Å². The molecule has 0 spiro atoms. The molecule has 140 valence electrons. The summed E-state index contributed by atoms with van der Waals surface area (Å²) >= 11 is 0. The minimum Gasteiger partial charge on any atom is -0.350 e. The fraction of sp³-hybridized carbons (Fsp3) is 0.300. The van der Waals surface area contributed by atoms with Crippen molar-refractivity contribution in [3.63, 3.8) is 0 Å². The van der Waals surface area contributed by atoms with Crippen molar-refractivity contribution in [1.29, 1.82) is 5.26 Å². The molecule has 0 saturated carbocycles. The van der Waals surface area contributed by atoms with Crippen molar-refractivity contribution in [1.82, 2.24) is 9.88 Å². The minimum atomic E-state index is -0.504. The van der Waals surface area contributed by atoms with Crippen LogP contribution in [0, 0.1) is 25.2 Å². The van der Waals surface area contributed by atoms with Crippen molar-refractivity contribution in [2.75, 3.05) is 5.32 Å². The first-order chi connectivity index (χ1) is 12.7. The van der Waals surface area contributed by atoms with Crippen LogP contribution in [0.15, 0.2) is 35.1 Å². The topological polar surface area (TPSA) is 104 Å². The Kier molecular flexibility index (Phi) is 6.14. The van der Waals surface area contributed by atoms with Gasteiger partial charge in [0.15, 0.2) is 0 Å². The summed E-state index contributed by atoms with van der Waals surface area (Å²) in [5.74, 6) is -0.755. The van der Waals surface area contributed by atoms with Gasteiger partial charge in [-0.15, -0.1) is 0 Å². The Hall–Kier alpha value is -3.40. The molecular formula is C20H22N4O3. The highest BCUT2D eigenvalue weighted by atomic mass is 16.2. The molecule has 0 aliphatic carbocycles. The van der Waals surface area contributed by atoms with E-state index in [4.69, 9.17) is 5.26 Å². The van der Waals surface area contributed by atoms with Crippen LogP contribution in [0.5, 0.6) is 0 Å². The van der Waals surface area contributed by atoms with Gasteiger partial charge >= 0.3 is 0 Å². The Morgan fingerprint density at radius 3 is 2.52 bits per heavy atom. The second kappa shape index (κ2) is 8.32. The van der Waals surface area contributed by atoms with Crippen LogP contribution < -0.4 is 16.2 Å². The fourth-order valence-corrected chi connectivity index (χ4v) is 2.72. The second-order valence-corrected chi connectivity index (χ2v) is 6.57. The monoisotopic (exact) mass is 366 g/mol. The highest BCUT2D eigenvalue weighted by Crippen LogP contribution is 2.15. The van der Waals surface area contributed by atoms with Crippen LogP contribution in [0.4, 0.5) is 5.69 Å². The average Bonchev–Trinajstić information content (AvgIpc) is 2.58. The number of aryl methyl sites for hydroxylation is 2. The number of nitrogens with one attached hydrogen (secondary N) is 2. The third-order valence-electron chi connectivity index (χ3n) is 3.98. The van der Waals surface area contributed by atoms with Crippen LogP contribution in [0.3, 0.4) is 0 Å². The van der Waals surface area contributed by atoms with E-state index >= 15 is 0 Å². The Labute approximate surface area is 157 Å². The molecule has 2 aromatic rings. The number of pyridine rings is 1. The van der Waals surface area contributed by atoms with Crippen molar-refractivity contribution < 1.29 is 9.59 Å².